The number of carbonyl (C=O) groups is 2. The molecular formula is C15H21NO5S. The van der Waals surface area contributed by atoms with Gasteiger partial charge in [-0.15, -0.1) is 0 Å². The SMILES string of the molecule is COCOC(Cc1cc(O)ccn1)(C(C)=O)[C@@H](C)CSC=O. The van der Waals surface area contributed by atoms with Gasteiger partial charge in [0.2, 0.25) is 0 Å². The van der Waals surface area contributed by atoms with Crippen molar-refractivity contribution in [1.82, 2.24) is 4.98 Å². The fourth-order valence-corrected chi connectivity index (χ4v) is 2.89. The zero-order valence-electron chi connectivity index (χ0n) is 12.9. The number of thioether (sulfide) groups is 1. The van der Waals surface area contributed by atoms with Gasteiger partial charge in [-0.1, -0.05) is 18.7 Å². The van der Waals surface area contributed by atoms with E-state index < -0.39 is 5.60 Å². The van der Waals surface area contributed by atoms with Crippen LogP contribution in [0.1, 0.15) is 19.5 Å². The van der Waals surface area contributed by atoms with Crippen LogP contribution in [0.4, 0.5) is 0 Å². The molecule has 1 aromatic rings. The predicted molar refractivity (Wildman–Crippen MR) is 84.4 cm³/mol. The third-order valence-electron chi connectivity index (χ3n) is 3.48. The van der Waals surface area contributed by atoms with Crippen LogP contribution in [0.25, 0.3) is 0 Å². The summed E-state index contributed by atoms with van der Waals surface area (Å²) in [6.45, 7) is 3.24. The highest BCUT2D eigenvalue weighted by atomic mass is 32.2. The third-order valence-corrected chi connectivity index (χ3v) is 4.31. The van der Waals surface area contributed by atoms with Crippen molar-refractivity contribution in [3.8, 4) is 5.75 Å². The molecule has 2 atom stereocenters. The average Bonchev–Trinajstić information content (AvgIpc) is 2.48. The van der Waals surface area contributed by atoms with E-state index in [-0.39, 0.29) is 30.7 Å². The first kappa shape index (κ1) is 18.6. The summed E-state index contributed by atoms with van der Waals surface area (Å²) in [6, 6.07) is 2.95. The number of ether oxygens (including phenoxy) is 2. The minimum Gasteiger partial charge on any atom is -0.508 e. The van der Waals surface area contributed by atoms with Crippen LogP contribution in [0, 0.1) is 5.92 Å². The molecule has 7 heteroatoms. The molecule has 1 N–H and O–H groups in total. The van der Waals surface area contributed by atoms with Crippen molar-refractivity contribution in [1.29, 1.82) is 0 Å². The Labute approximate surface area is 134 Å². The number of aromatic nitrogens is 1. The lowest BCUT2D eigenvalue weighted by molar-refractivity contribution is -0.171. The monoisotopic (exact) mass is 327 g/mol. The largest absolute Gasteiger partial charge is 0.508 e. The highest BCUT2D eigenvalue weighted by Gasteiger charge is 2.42. The number of carbonyl (C=O) groups excluding carboxylic acids is 2. The van der Waals surface area contributed by atoms with Gasteiger partial charge in [0.1, 0.15) is 18.1 Å². The lowest BCUT2D eigenvalue weighted by Gasteiger charge is -2.36. The zero-order chi connectivity index (χ0) is 16.6. The van der Waals surface area contributed by atoms with Crippen molar-refractivity contribution in [2.24, 2.45) is 5.92 Å². The molecule has 0 saturated heterocycles. The molecule has 6 nitrogen and oxygen atoms in total. The Morgan fingerprint density at radius 3 is 2.86 bits per heavy atom. The molecule has 0 spiro atoms. The van der Waals surface area contributed by atoms with E-state index in [0.29, 0.717) is 11.4 Å². The lowest BCUT2D eigenvalue weighted by Crippen LogP contribution is -2.50. The first-order valence-corrected chi connectivity index (χ1v) is 7.84. The molecule has 0 aliphatic rings. The molecule has 1 unspecified atom stereocenters. The second kappa shape index (κ2) is 8.87. The summed E-state index contributed by atoms with van der Waals surface area (Å²) < 4.78 is 10.7. The topological polar surface area (TPSA) is 85.7 Å². The van der Waals surface area contributed by atoms with Gasteiger partial charge in [-0.25, -0.2) is 0 Å². The van der Waals surface area contributed by atoms with Crippen molar-refractivity contribution < 1.29 is 24.2 Å². The summed E-state index contributed by atoms with van der Waals surface area (Å²) in [7, 11) is 1.47. The van der Waals surface area contributed by atoms with Crippen LogP contribution in [-0.2, 0) is 25.5 Å². The molecule has 0 saturated carbocycles. The van der Waals surface area contributed by atoms with Crippen molar-refractivity contribution >= 4 is 23.2 Å². The molecule has 0 aliphatic carbocycles. The second-order valence-corrected chi connectivity index (χ2v) is 5.87. The number of methoxy groups -OCH3 is 1. The zero-order valence-corrected chi connectivity index (χ0v) is 13.8. The Balaban J connectivity index is 3.10. The first-order valence-electron chi connectivity index (χ1n) is 6.79. The molecule has 0 radical (unpaired) electrons. The van der Waals surface area contributed by atoms with Crippen LogP contribution in [0.15, 0.2) is 18.3 Å². The van der Waals surface area contributed by atoms with E-state index in [4.69, 9.17) is 9.47 Å². The molecule has 22 heavy (non-hydrogen) atoms. The minimum atomic E-state index is -1.16. The van der Waals surface area contributed by atoms with Gasteiger partial charge in [0.15, 0.2) is 11.4 Å². The van der Waals surface area contributed by atoms with Crippen LogP contribution in [0.2, 0.25) is 0 Å². The van der Waals surface area contributed by atoms with Crippen LogP contribution >= 0.6 is 11.8 Å². The van der Waals surface area contributed by atoms with E-state index in [9.17, 15) is 14.7 Å². The summed E-state index contributed by atoms with van der Waals surface area (Å²) in [5.41, 5.74) is 0.117. The Bertz CT molecular complexity index is 510. The summed E-state index contributed by atoms with van der Waals surface area (Å²) in [4.78, 5) is 27.1. The minimum absolute atomic E-state index is 0.0471. The van der Waals surface area contributed by atoms with Gasteiger partial charge < -0.3 is 14.6 Å². The Kier molecular flexibility index (Phi) is 7.50. The third kappa shape index (κ3) is 4.79. The summed E-state index contributed by atoms with van der Waals surface area (Å²) in [5.74, 6) is 0.100. The van der Waals surface area contributed by atoms with Gasteiger partial charge in [-0.05, 0) is 13.0 Å². The van der Waals surface area contributed by atoms with Gasteiger partial charge in [-0.3, -0.25) is 14.6 Å². The highest BCUT2D eigenvalue weighted by molar-refractivity contribution is 8.11. The van der Waals surface area contributed by atoms with Crippen LogP contribution in [0.5, 0.6) is 5.75 Å². The van der Waals surface area contributed by atoms with E-state index in [1.54, 1.807) is 0 Å². The fourth-order valence-electron chi connectivity index (χ4n) is 2.25. The molecule has 0 fully saturated rings. The van der Waals surface area contributed by atoms with Crippen molar-refractivity contribution in [3.63, 3.8) is 0 Å². The van der Waals surface area contributed by atoms with Crippen molar-refractivity contribution in [3.05, 3.63) is 24.0 Å². The fraction of sp³-hybridized carbons (Fsp3) is 0.533. The van der Waals surface area contributed by atoms with Crippen molar-refractivity contribution in [2.45, 2.75) is 25.9 Å². The Morgan fingerprint density at radius 2 is 2.32 bits per heavy atom. The standard InChI is InChI=1S/C15H21NO5S/c1-11(8-22-9-17)15(12(2)18,21-10-20-3)7-13-6-14(19)4-5-16-13/h4-6,9,11H,7-8,10H2,1-3H3,(H,16,19)/t11-,15?/m0/s1. The molecule has 0 bridgehead atoms. The molecule has 1 rings (SSSR count). The van der Waals surface area contributed by atoms with Crippen LogP contribution in [0.3, 0.4) is 0 Å². The summed E-state index contributed by atoms with van der Waals surface area (Å²) in [6.07, 6.45) is 1.66. The highest BCUT2D eigenvalue weighted by Crippen LogP contribution is 2.30. The average molecular weight is 327 g/mol. The van der Waals surface area contributed by atoms with Gasteiger partial charge in [0.25, 0.3) is 0 Å². The molecule has 1 heterocycles. The maximum absolute atomic E-state index is 12.3. The lowest BCUT2D eigenvalue weighted by atomic mass is 9.82. The number of aromatic hydroxyl groups is 1. The number of nitrogens with zero attached hydrogens (tertiary/aromatic N) is 1. The number of Topliss-reactive ketones (excluding diaryl/α,β-unsaturated/α-hetero) is 1. The number of rotatable bonds is 10. The van der Waals surface area contributed by atoms with Gasteiger partial charge in [-0.2, -0.15) is 0 Å². The van der Waals surface area contributed by atoms with Crippen LogP contribution < -0.4 is 0 Å². The van der Waals surface area contributed by atoms with Crippen LogP contribution in [-0.4, -0.2) is 46.7 Å². The van der Waals surface area contributed by atoms with E-state index in [1.165, 1.54) is 32.4 Å². The normalized spacial score (nSPS) is 15.0. The quantitative estimate of drug-likeness (QED) is 0.518. The maximum Gasteiger partial charge on any atom is 0.176 e. The van der Waals surface area contributed by atoms with E-state index in [2.05, 4.69) is 4.98 Å². The van der Waals surface area contributed by atoms with Crippen molar-refractivity contribution in [2.75, 3.05) is 19.7 Å². The smallest absolute Gasteiger partial charge is 0.176 e. The van der Waals surface area contributed by atoms with E-state index in [0.717, 1.165) is 17.4 Å². The summed E-state index contributed by atoms with van der Waals surface area (Å²) >= 11 is 1.08. The molecule has 1 aromatic heterocycles. The summed E-state index contributed by atoms with van der Waals surface area (Å²) in [5, 5.41) is 9.56. The molecule has 0 amide bonds. The number of hydrogen-bond acceptors (Lipinski definition) is 7. The Morgan fingerprint density at radius 1 is 1.59 bits per heavy atom. The number of ketones is 1. The van der Waals surface area contributed by atoms with Gasteiger partial charge in [0.05, 0.1) is 0 Å². The second-order valence-electron chi connectivity index (χ2n) is 5.01. The molecular weight excluding hydrogens is 306 g/mol. The molecule has 122 valence electrons. The van der Waals surface area contributed by atoms with Gasteiger partial charge >= 0.3 is 0 Å². The number of hydrogen-bond donors (Lipinski definition) is 1. The first-order chi connectivity index (χ1) is 10.5. The molecule has 0 aromatic carbocycles. The van der Waals surface area contributed by atoms with E-state index in [1.807, 2.05) is 6.92 Å². The molecule has 0 aliphatic heterocycles. The Hall–Kier alpha value is -1.44. The predicted octanol–water partition coefficient (Wildman–Crippen LogP) is 1.84. The maximum atomic E-state index is 12.3. The van der Waals surface area contributed by atoms with E-state index >= 15 is 0 Å². The number of pyridine rings is 1. The van der Waals surface area contributed by atoms with Gasteiger partial charge in [0, 0.05) is 43.2 Å².